The summed E-state index contributed by atoms with van der Waals surface area (Å²) in [4.78, 5) is 16.3. The molecule has 0 aliphatic heterocycles. The fraction of sp³-hybridized carbons (Fsp3) is 0.400. The summed E-state index contributed by atoms with van der Waals surface area (Å²) in [5.74, 6) is 0.454. The zero-order valence-electron chi connectivity index (χ0n) is 15.2. The number of hydrogen-bond donors (Lipinski definition) is 2. The number of hydrogen-bond acceptors (Lipinski definition) is 3. The molecule has 0 bridgehead atoms. The summed E-state index contributed by atoms with van der Waals surface area (Å²) in [6.07, 6.45) is 2.67. The minimum atomic E-state index is -0.120. The quantitative estimate of drug-likeness (QED) is 0.820. The first-order valence-electron chi connectivity index (χ1n) is 8.46. The van der Waals surface area contributed by atoms with Gasteiger partial charge in [0.05, 0.1) is 11.9 Å². The SMILES string of the molecule is Cc1cc(C)c(Nc2ccc(C(=O)NCCC(C)C)nc2)c(C)c1. The van der Waals surface area contributed by atoms with Crippen LogP contribution in [-0.2, 0) is 0 Å². The van der Waals surface area contributed by atoms with Gasteiger partial charge in [0.2, 0.25) is 0 Å². The van der Waals surface area contributed by atoms with Gasteiger partial charge in [0.25, 0.3) is 5.91 Å². The second-order valence-electron chi connectivity index (χ2n) is 6.77. The summed E-state index contributed by atoms with van der Waals surface area (Å²) < 4.78 is 0. The van der Waals surface area contributed by atoms with Crippen LogP contribution in [0.3, 0.4) is 0 Å². The molecule has 0 aliphatic carbocycles. The van der Waals surface area contributed by atoms with Crippen molar-refractivity contribution in [3.63, 3.8) is 0 Å². The number of anilines is 2. The number of benzene rings is 1. The molecule has 1 heterocycles. The standard InChI is InChI=1S/C20H27N3O/c1-13(2)8-9-21-20(24)18-7-6-17(12-22-18)23-19-15(4)10-14(3)11-16(19)5/h6-7,10-13,23H,8-9H2,1-5H3,(H,21,24). The van der Waals surface area contributed by atoms with E-state index in [4.69, 9.17) is 0 Å². The van der Waals surface area contributed by atoms with Crippen molar-refractivity contribution in [2.24, 2.45) is 5.92 Å². The molecule has 0 spiro atoms. The van der Waals surface area contributed by atoms with Crippen LogP contribution in [0.1, 0.15) is 47.4 Å². The van der Waals surface area contributed by atoms with E-state index in [0.717, 1.165) is 17.8 Å². The van der Waals surface area contributed by atoms with Gasteiger partial charge in [-0.25, -0.2) is 4.98 Å². The van der Waals surface area contributed by atoms with E-state index in [1.54, 1.807) is 12.3 Å². The van der Waals surface area contributed by atoms with Crippen molar-refractivity contribution in [3.05, 3.63) is 52.8 Å². The predicted octanol–water partition coefficient (Wildman–Crippen LogP) is 4.53. The van der Waals surface area contributed by atoms with E-state index in [-0.39, 0.29) is 5.91 Å². The molecule has 0 radical (unpaired) electrons. The number of nitrogens with zero attached hydrogens (tertiary/aromatic N) is 1. The van der Waals surface area contributed by atoms with E-state index >= 15 is 0 Å². The highest BCUT2D eigenvalue weighted by atomic mass is 16.1. The van der Waals surface area contributed by atoms with E-state index in [1.807, 2.05) is 6.07 Å². The molecule has 0 aliphatic rings. The molecular formula is C20H27N3O. The normalized spacial score (nSPS) is 10.8. The van der Waals surface area contributed by atoms with E-state index in [0.29, 0.717) is 18.2 Å². The van der Waals surface area contributed by atoms with Gasteiger partial charge in [0, 0.05) is 12.2 Å². The van der Waals surface area contributed by atoms with Gasteiger partial charge in [-0.15, -0.1) is 0 Å². The van der Waals surface area contributed by atoms with Crippen LogP contribution < -0.4 is 10.6 Å². The summed E-state index contributed by atoms with van der Waals surface area (Å²) in [5, 5.41) is 6.30. The van der Waals surface area contributed by atoms with Gasteiger partial charge < -0.3 is 10.6 Å². The lowest BCUT2D eigenvalue weighted by molar-refractivity contribution is 0.0947. The predicted molar refractivity (Wildman–Crippen MR) is 100.0 cm³/mol. The molecular weight excluding hydrogens is 298 g/mol. The summed E-state index contributed by atoms with van der Waals surface area (Å²) in [6, 6.07) is 7.95. The largest absolute Gasteiger partial charge is 0.354 e. The van der Waals surface area contributed by atoms with Crippen LogP contribution in [0.25, 0.3) is 0 Å². The topological polar surface area (TPSA) is 54.0 Å². The number of amides is 1. The second-order valence-corrected chi connectivity index (χ2v) is 6.77. The van der Waals surface area contributed by atoms with Crippen LogP contribution in [0.2, 0.25) is 0 Å². The van der Waals surface area contributed by atoms with Crippen molar-refractivity contribution in [1.82, 2.24) is 10.3 Å². The highest BCUT2D eigenvalue weighted by Crippen LogP contribution is 2.25. The molecule has 1 aromatic carbocycles. The first-order valence-corrected chi connectivity index (χ1v) is 8.46. The Balaban J connectivity index is 2.03. The number of pyridine rings is 1. The van der Waals surface area contributed by atoms with Crippen LogP contribution in [0.15, 0.2) is 30.5 Å². The van der Waals surface area contributed by atoms with Gasteiger partial charge in [-0.2, -0.15) is 0 Å². The van der Waals surface area contributed by atoms with Crippen LogP contribution in [-0.4, -0.2) is 17.4 Å². The fourth-order valence-corrected chi connectivity index (χ4v) is 2.69. The fourth-order valence-electron chi connectivity index (χ4n) is 2.69. The maximum absolute atomic E-state index is 12.0. The lowest BCUT2D eigenvalue weighted by Gasteiger charge is -2.14. The van der Waals surface area contributed by atoms with Crippen molar-refractivity contribution in [3.8, 4) is 0 Å². The minimum absolute atomic E-state index is 0.120. The number of nitrogens with one attached hydrogen (secondary N) is 2. The molecule has 2 aromatic rings. The Hall–Kier alpha value is -2.36. The molecule has 0 atom stereocenters. The van der Waals surface area contributed by atoms with Gasteiger partial charge in [-0.3, -0.25) is 4.79 Å². The van der Waals surface area contributed by atoms with E-state index in [2.05, 4.69) is 62.4 Å². The van der Waals surface area contributed by atoms with Gasteiger partial charge in [-0.05, 0) is 56.4 Å². The zero-order valence-corrected chi connectivity index (χ0v) is 15.2. The summed E-state index contributed by atoms with van der Waals surface area (Å²) in [6.45, 7) is 11.2. The maximum Gasteiger partial charge on any atom is 0.269 e. The first-order chi connectivity index (χ1) is 11.4. The first kappa shape index (κ1) is 18.0. The molecule has 2 N–H and O–H groups in total. The Morgan fingerprint density at radius 1 is 1.12 bits per heavy atom. The monoisotopic (exact) mass is 325 g/mol. The average Bonchev–Trinajstić information content (AvgIpc) is 2.51. The van der Waals surface area contributed by atoms with E-state index < -0.39 is 0 Å². The molecule has 24 heavy (non-hydrogen) atoms. The maximum atomic E-state index is 12.0. The molecule has 4 nitrogen and oxygen atoms in total. The molecule has 0 unspecified atom stereocenters. The lowest BCUT2D eigenvalue weighted by Crippen LogP contribution is -2.26. The Bertz CT molecular complexity index is 682. The lowest BCUT2D eigenvalue weighted by atomic mass is 10.0. The van der Waals surface area contributed by atoms with Crippen molar-refractivity contribution < 1.29 is 4.79 Å². The number of carbonyl (C=O) groups excluding carboxylic acids is 1. The van der Waals surface area contributed by atoms with Gasteiger partial charge >= 0.3 is 0 Å². The molecule has 128 valence electrons. The molecule has 1 aromatic heterocycles. The number of aryl methyl sites for hydroxylation is 3. The molecule has 1 amide bonds. The van der Waals surface area contributed by atoms with E-state index in [1.165, 1.54) is 16.7 Å². The van der Waals surface area contributed by atoms with Crippen LogP contribution in [0, 0.1) is 26.7 Å². The highest BCUT2D eigenvalue weighted by molar-refractivity contribution is 5.92. The number of carbonyl (C=O) groups is 1. The third-order valence-electron chi connectivity index (χ3n) is 3.95. The Kier molecular flexibility index (Phi) is 5.96. The summed E-state index contributed by atoms with van der Waals surface area (Å²) in [7, 11) is 0. The molecule has 4 heteroatoms. The Labute approximate surface area is 144 Å². The van der Waals surface area contributed by atoms with Crippen molar-refractivity contribution in [1.29, 1.82) is 0 Å². The zero-order chi connectivity index (χ0) is 17.7. The van der Waals surface area contributed by atoms with Crippen molar-refractivity contribution in [2.45, 2.75) is 41.0 Å². The number of aromatic nitrogens is 1. The smallest absolute Gasteiger partial charge is 0.269 e. The van der Waals surface area contributed by atoms with Gasteiger partial charge in [0.1, 0.15) is 5.69 Å². The number of rotatable bonds is 6. The minimum Gasteiger partial charge on any atom is -0.354 e. The molecule has 0 saturated carbocycles. The van der Waals surface area contributed by atoms with Crippen molar-refractivity contribution in [2.75, 3.05) is 11.9 Å². The highest BCUT2D eigenvalue weighted by Gasteiger charge is 2.08. The van der Waals surface area contributed by atoms with Gasteiger partial charge in [-0.1, -0.05) is 31.5 Å². The van der Waals surface area contributed by atoms with Crippen LogP contribution >= 0.6 is 0 Å². The van der Waals surface area contributed by atoms with Crippen LogP contribution in [0.5, 0.6) is 0 Å². The summed E-state index contributed by atoms with van der Waals surface area (Å²) in [5.41, 5.74) is 6.06. The average molecular weight is 325 g/mol. The Morgan fingerprint density at radius 3 is 2.33 bits per heavy atom. The Morgan fingerprint density at radius 2 is 1.79 bits per heavy atom. The van der Waals surface area contributed by atoms with Crippen molar-refractivity contribution >= 4 is 17.3 Å². The molecule has 2 rings (SSSR count). The summed E-state index contributed by atoms with van der Waals surface area (Å²) >= 11 is 0. The molecule has 0 saturated heterocycles. The third-order valence-corrected chi connectivity index (χ3v) is 3.95. The van der Waals surface area contributed by atoms with E-state index in [9.17, 15) is 4.79 Å². The van der Waals surface area contributed by atoms with Gasteiger partial charge in [0.15, 0.2) is 0 Å². The third kappa shape index (κ3) is 4.82. The van der Waals surface area contributed by atoms with Crippen LogP contribution in [0.4, 0.5) is 11.4 Å². The second kappa shape index (κ2) is 7.95. The molecule has 0 fully saturated rings.